The fourth-order valence-electron chi connectivity index (χ4n) is 5.65. The highest BCUT2D eigenvalue weighted by molar-refractivity contribution is 7.89. The summed E-state index contributed by atoms with van der Waals surface area (Å²) >= 11 is 5.95. The molecule has 4 N–H and O–H groups in total. The molecule has 0 aromatic heterocycles. The minimum absolute atomic E-state index is 0.0652. The van der Waals surface area contributed by atoms with Gasteiger partial charge in [-0.3, -0.25) is 4.79 Å². The van der Waals surface area contributed by atoms with Gasteiger partial charge >= 0.3 is 12.1 Å². The Morgan fingerprint density at radius 2 is 1.44 bits per heavy atom. The monoisotopic (exact) mass is 745 g/mol. The Morgan fingerprint density at radius 1 is 0.900 bits per heavy atom. The Bertz CT molecular complexity index is 1700. The van der Waals surface area contributed by atoms with E-state index in [1.165, 1.54) is 72.7 Å². The summed E-state index contributed by atoms with van der Waals surface area (Å²) in [6, 6.07) is 15.2. The lowest BCUT2D eigenvalue weighted by Gasteiger charge is -2.30. The molecule has 50 heavy (non-hydrogen) atoms. The van der Waals surface area contributed by atoms with Crippen LogP contribution < -0.4 is 15.2 Å². The van der Waals surface area contributed by atoms with Crippen molar-refractivity contribution < 1.29 is 49.8 Å². The average molecular weight is 746 g/mol. The summed E-state index contributed by atoms with van der Waals surface area (Å²) in [6.07, 6.45) is 1.15. The predicted molar refractivity (Wildman–Crippen MR) is 176 cm³/mol. The van der Waals surface area contributed by atoms with Gasteiger partial charge in [-0.15, -0.1) is 0 Å². The molecule has 3 aromatic rings. The molecular formula is C34H37ClF5N3O6S. The zero-order chi connectivity index (χ0) is 36.7. The molecular weight excluding hydrogens is 709 g/mol. The van der Waals surface area contributed by atoms with Gasteiger partial charge in [-0.25, -0.2) is 13.2 Å². The zero-order valence-corrected chi connectivity index (χ0v) is 28.3. The van der Waals surface area contributed by atoms with Gasteiger partial charge in [0.25, 0.3) is 5.92 Å². The third-order valence-corrected chi connectivity index (χ3v) is 10.1. The number of halogens is 6. The first kappa shape index (κ1) is 39.0. The van der Waals surface area contributed by atoms with Crippen molar-refractivity contribution in [1.29, 1.82) is 0 Å². The Morgan fingerprint density at radius 3 is 1.94 bits per heavy atom. The van der Waals surface area contributed by atoms with E-state index in [2.05, 4.69) is 0 Å². The summed E-state index contributed by atoms with van der Waals surface area (Å²) in [7, 11) is -4.52. The Kier molecular flexibility index (Phi) is 12.9. The van der Waals surface area contributed by atoms with Crippen LogP contribution in [0.15, 0.2) is 77.7 Å². The molecule has 3 aromatic carbocycles. The van der Waals surface area contributed by atoms with Crippen molar-refractivity contribution in [1.82, 2.24) is 9.62 Å². The van der Waals surface area contributed by atoms with Crippen molar-refractivity contribution in [2.24, 2.45) is 11.7 Å². The topological polar surface area (TPSA) is 139 Å². The number of ether oxygens (including phenoxy) is 1. The molecule has 2 atom stereocenters. The van der Waals surface area contributed by atoms with Crippen molar-refractivity contribution in [3.05, 3.63) is 83.4 Å². The fraction of sp³-hybridized carbons (Fsp3) is 0.412. The number of carbonyl (C=O) groups is 2. The molecule has 1 aliphatic heterocycles. The van der Waals surface area contributed by atoms with Crippen molar-refractivity contribution in [3.8, 4) is 16.9 Å². The first-order valence-electron chi connectivity index (χ1n) is 15.8. The first-order valence-corrected chi connectivity index (χ1v) is 17.7. The Balaban J connectivity index is 0.000000727. The van der Waals surface area contributed by atoms with Crippen LogP contribution in [0.5, 0.6) is 5.75 Å². The third-order valence-electron chi connectivity index (χ3n) is 8.45. The fourth-order valence-corrected chi connectivity index (χ4v) is 6.97. The van der Waals surface area contributed by atoms with Crippen molar-refractivity contribution in [3.63, 3.8) is 0 Å². The quantitative estimate of drug-likeness (QED) is 0.199. The van der Waals surface area contributed by atoms with E-state index in [9.17, 15) is 26.4 Å². The number of nitrogens with one attached hydrogen (secondary N) is 1. The maximum Gasteiger partial charge on any atom is 0.490 e. The standard InChI is InChI=1S/C32H36ClF2N3O4S.C2HF3O2/c33-26-12-8-24(9-13-26)23-6-10-25(11-7-23)32(34,35)30(31(39)38-19-18-27(36)20-38)37-43(40,41)29-16-14-28(15-17-29)42-21-22-4-2-1-3-5-22;3-2(4,5)1(6)7/h6-17,22,27,30,37H,1-5,18-21,36H2;(H,6,7)/t27-,30+;/m1./s1. The number of amides is 1. The summed E-state index contributed by atoms with van der Waals surface area (Å²) in [5, 5.41) is 7.67. The van der Waals surface area contributed by atoms with Crippen molar-refractivity contribution >= 4 is 33.5 Å². The van der Waals surface area contributed by atoms with Crippen LogP contribution in [0.3, 0.4) is 0 Å². The number of aliphatic carboxylic acids is 1. The van der Waals surface area contributed by atoms with Gasteiger partial charge in [0.2, 0.25) is 15.9 Å². The largest absolute Gasteiger partial charge is 0.493 e. The van der Waals surface area contributed by atoms with Crippen LogP contribution in [0.25, 0.3) is 11.1 Å². The lowest BCUT2D eigenvalue weighted by atomic mass is 9.90. The maximum atomic E-state index is 16.2. The zero-order valence-electron chi connectivity index (χ0n) is 26.7. The molecule has 0 radical (unpaired) electrons. The van der Waals surface area contributed by atoms with Crippen LogP contribution in [-0.4, -0.2) is 68.3 Å². The minimum atomic E-state index is -5.08. The second-order valence-corrected chi connectivity index (χ2v) is 14.3. The summed E-state index contributed by atoms with van der Waals surface area (Å²) in [5.41, 5.74) is 6.86. The van der Waals surface area contributed by atoms with E-state index in [-0.39, 0.29) is 24.0 Å². The van der Waals surface area contributed by atoms with Crippen molar-refractivity contribution in [2.75, 3.05) is 19.7 Å². The van der Waals surface area contributed by atoms with Gasteiger partial charge in [-0.2, -0.15) is 26.7 Å². The van der Waals surface area contributed by atoms with Gasteiger partial charge in [0, 0.05) is 29.7 Å². The number of carboxylic acids is 1. The molecule has 1 amide bonds. The number of nitrogens with zero attached hydrogens (tertiary/aromatic N) is 1. The molecule has 1 aliphatic carbocycles. The molecule has 0 spiro atoms. The molecule has 16 heteroatoms. The highest BCUT2D eigenvalue weighted by Gasteiger charge is 2.50. The first-order chi connectivity index (χ1) is 23.5. The second kappa shape index (κ2) is 16.5. The van der Waals surface area contributed by atoms with Crippen molar-refractivity contribution in [2.45, 2.75) is 67.6 Å². The molecule has 2 aliphatic rings. The number of hydrogen-bond donors (Lipinski definition) is 3. The van der Waals surface area contributed by atoms with Gasteiger partial charge in [0.05, 0.1) is 11.5 Å². The average Bonchev–Trinajstić information content (AvgIpc) is 3.53. The van der Waals surface area contributed by atoms with E-state index in [0.29, 0.717) is 35.3 Å². The molecule has 272 valence electrons. The Labute approximate surface area is 291 Å². The van der Waals surface area contributed by atoms with E-state index in [4.69, 9.17) is 32.0 Å². The van der Waals surface area contributed by atoms with Crippen LogP contribution >= 0.6 is 11.6 Å². The van der Waals surface area contributed by atoms with Crippen LogP contribution in [0.2, 0.25) is 5.02 Å². The SMILES string of the molecule is N[C@@H]1CCN(C(=O)[C@H](NS(=O)(=O)c2ccc(OCC3CCCCC3)cc2)C(F)(F)c2ccc(-c3ccc(Cl)cc3)cc2)C1.O=C(O)C(F)(F)F. The van der Waals surface area contributed by atoms with Crippen LogP contribution in [0.1, 0.15) is 44.1 Å². The molecule has 0 unspecified atom stereocenters. The smallest absolute Gasteiger partial charge is 0.490 e. The molecule has 9 nitrogen and oxygen atoms in total. The number of likely N-dealkylation sites (tertiary alicyclic amines) is 1. The van der Waals surface area contributed by atoms with Crippen LogP contribution in [0.4, 0.5) is 22.0 Å². The number of hydrogen-bond acceptors (Lipinski definition) is 6. The summed E-state index contributed by atoms with van der Waals surface area (Å²) in [6.45, 7) is 0.772. The Hall–Kier alpha value is -3.79. The molecule has 1 saturated heterocycles. The van der Waals surface area contributed by atoms with Crippen LogP contribution in [-0.2, 0) is 25.5 Å². The second-order valence-electron chi connectivity index (χ2n) is 12.2. The number of alkyl halides is 5. The lowest BCUT2D eigenvalue weighted by Crippen LogP contribution is -2.56. The summed E-state index contributed by atoms with van der Waals surface area (Å²) in [5.74, 6) is -6.71. The number of carboxylic acid groups (broad SMARTS) is 1. The molecule has 0 bridgehead atoms. The van der Waals surface area contributed by atoms with Gasteiger partial charge in [-0.1, -0.05) is 67.3 Å². The maximum absolute atomic E-state index is 16.2. The number of benzene rings is 3. The summed E-state index contributed by atoms with van der Waals surface area (Å²) < 4.78 is 98.7. The predicted octanol–water partition coefficient (Wildman–Crippen LogP) is 6.60. The molecule has 2 fully saturated rings. The van der Waals surface area contributed by atoms with E-state index in [1.807, 2.05) is 4.72 Å². The van der Waals surface area contributed by atoms with Gasteiger partial charge < -0.3 is 20.5 Å². The molecule has 1 saturated carbocycles. The number of nitrogens with two attached hydrogens (primary N) is 1. The minimum Gasteiger partial charge on any atom is -0.493 e. The summed E-state index contributed by atoms with van der Waals surface area (Å²) in [4.78, 5) is 23.3. The van der Waals surface area contributed by atoms with Gasteiger partial charge in [-0.05, 0) is 72.7 Å². The van der Waals surface area contributed by atoms with E-state index in [0.717, 1.165) is 18.4 Å². The van der Waals surface area contributed by atoms with Gasteiger partial charge in [0.1, 0.15) is 5.75 Å². The lowest BCUT2D eigenvalue weighted by molar-refractivity contribution is -0.192. The molecule has 1 heterocycles. The van der Waals surface area contributed by atoms with E-state index in [1.54, 1.807) is 24.3 Å². The highest BCUT2D eigenvalue weighted by atomic mass is 35.5. The number of rotatable bonds is 10. The number of carbonyl (C=O) groups excluding carboxylic acids is 1. The van der Waals surface area contributed by atoms with E-state index < -0.39 is 45.6 Å². The normalized spacial score (nSPS) is 17.8. The van der Waals surface area contributed by atoms with Gasteiger partial charge in [0.15, 0.2) is 6.04 Å². The third kappa shape index (κ3) is 10.4. The van der Waals surface area contributed by atoms with E-state index >= 15 is 8.78 Å². The number of sulfonamides is 1. The molecule has 5 rings (SSSR count). The highest BCUT2D eigenvalue weighted by Crippen LogP contribution is 2.36. The van der Waals surface area contributed by atoms with Crippen LogP contribution in [0, 0.1) is 5.92 Å².